The van der Waals surface area contributed by atoms with Gasteiger partial charge in [-0.15, -0.1) is 0 Å². The second-order valence-electron chi connectivity index (χ2n) is 4.90. The molecule has 0 amide bonds. The van der Waals surface area contributed by atoms with Gasteiger partial charge in [-0.25, -0.2) is 8.42 Å². The molecule has 1 aromatic carbocycles. The number of sulfone groups is 1. The van der Waals surface area contributed by atoms with Gasteiger partial charge in [0.15, 0.2) is 9.84 Å². The average molecular weight is 269 g/mol. The molecule has 0 aliphatic carbocycles. The molecule has 1 aliphatic rings. The Bertz CT molecular complexity index is 539. The summed E-state index contributed by atoms with van der Waals surface area (Å²) in [5.74, 6) is 0.979. The van der Waals surface area contributed by atoms with Crippen LogP contribution in [0.3, 0.4) is 0 Å². The molecule has 2 rings (SSSR count). The Morgan fingerprint density at radius 3 is 2.50 bits per heavy atom. The van der Waals surface area contributed by atoms with Crippen LogP contribution in [0.2, 0.25) is 0 Å². The maximum absolute atomic E-state index is 11.5. The van der Waals surface area contributed by atoms with Gasteiger partial charge in [0.1, 0.15) is 5.75 Å². The summed E-state index contributed by atoms with van der Waals surface area (Å²) in [4.78, 5) is 0. The Hall–Kier alpha value is -1.07. The van der Waals surface area contributed by atoms with Gasteiger partial charge in [0, 0.05) is 17.5 Å². The van der Waals surface area contributed by atoms with Crippen molar-refractivity contribution in [2.75, 3.05) is 25.2 Å². The summed E-state index contributed by atoms with van der Waals surface area (Å²) in [6.07, 6.45) is 0.907. The second kappa shape index (κ2) is 4.55. The number of nitrogens with two attached hydrogens (primary N) is 1. The van der Waals surface area contributed by atoms with E-state index in [0.29, 0.717) is 6.54 Å². The van der Waals surface area contributed by atoms with Crippen molar-refractivity contribution in [3.05, 3.63) is 29.3 Å². The minimum Gasteiger partial charge on any atom is -0.496 e. The average Bonchev–Trinajstić information content (AvgIpc) is 2.34. The van der Waals surface area contributed by atoms with Gasteiger partial charge >= 0.3 is 0 Å². The lowest BCUT2D eigenvalue weighted by molar-refractivity contribution is 0.386. The molecule has 0 aromatic heterocycles. The van der Waals surface area contributed by atoms with Crippen molar-refractivity contribution < 1.29 is 13.2 Å². The van der Waals surface area contributed by atoms with Crippen LogP contribution in [-0.4, -0.2) is 33.6 Å². The summed E-state index contributed by atoms with van der Waals surface area (Å²) in [6.45, 7) is 2.40. The number of hydrogen-bond donors (Lipinski definition) is 1. The fraction of sp³-hybridized carbons (Fsp3) is 0.538. The minimum atomic E-state index is -2.93. The molecule has 18 heavy (non-hydrogen) atoms. The molecule has 1 fully saturated rings. The molecule has 2 N–H and O–H groups in total. The third kappa shape index (κ3) is 2.12. The van der Waals surface area contributed by atoms with Gasteiger partial charge in [0.05, 0.1) is 18.6 Å². The molecule has 5 heteroatoms. The smallest absolute Gasteiger partial charge is 0.152 e. The van der Waals surface area contributed by atoms with Gasteiger partial charge in [0.2, 0.25) is 0 Å². The summed E-state index contributed by atoms with van der Waals surface area (Å²) in [5.41, 5.74) is 7.46. The van der Waals surface area contributed by atoms with Crippen LogP contribution in [0, 0.1) is 0 Å². The van der Waals surface area contributed by atoms with E-state index in [0.717, 1.165) is 17.7 Å². The zero-order chi connectivity index (χ0) is 13.4. The third-order valence-corrected chi connectivity index (χ3v) is 5.61. The highest BCUT2D eigenvalue weighted by molar-refractivity contribution is 7.93. The highest BCUT2D eigenvalue weighted by Crippen LogP contribution is 2.41. The van der Waals surface area contributed by atoms with Crippen LogP contribution in [0.4, 0.5) is 0 Å². The van der Waals surface area contributed by atoms with Gasteiger partial charge in [-0.05, 0) is 18.1 Å². The van der Waals surface area contributed by atoms with Crippen molar-refractivity contribution in [1.29, 1.82) is 0 Å². The van der Waals surface area contributed by atoms with E-state index in [4.69, 9.17) is 10.5 Å². The molecular formula is C13H19NO3S. The molecule has 4 nitrogen and oxygen atoms in total. The molecule has 0 spiro atoms. The standard InChI is InChI=1S/C13H19NO3S/c1-3-10-4-5-12(17-2)11(6-10)13(7-14)8-18(15,16)9-13/h4-6H,3,7-9,14H2,1-2H3. The monoisotopic (exact) mass is 269 g/mol. The van der Waals surface area contributed by atoms with Crippen molar-refractivity contribution in [2.24, 2.45) is 5.73 Å². The molecule has 1 saturated heterocycles. The van der Waals surface area contributed by atoms with Crippen LogP contribution in [0.5, 0.6) is 5.75 Å². The van der Waals surface area contributed by atoms with Crippen LogP contribution < -0.4 is 10.5 Å². The van der Waals surface area contributed by atoms with Gasteiger partial charge in [0.25, 0.3) is 0 Å². The molecule has 1 aromatic rings. The predicted octanol–water partition coefficient (Wildman–Crippen LogP) is 0.882. The zero-order valence-corrected chi connectivity index (χ0v) is 11.6. The van der Waals surface area contributed by atoms with Crippen LogP contribution in [-0.2, 0) is 21.7 Å². The van der Waals surface area contributed by atoms with Gasteiger partial charge in [-0.3, -0.25) is 0 Å². The fourth-order valence-electron chi connectivity index (χ4n) is 2.57. The van der Waals surface area contributed by atoms with Crippen molar-refractivity contribution >= 4 is 9.84 Å². The SMILES string of the molecule is CCc1ccc(OC)c(C2(CN)CS(=O)(=O)C2)c1. The van der Waals surface area contributed by atoms with Gasteiger partial charge in [-0.1, -0.05) is 19.1 Å². The molecule has 100 valence electrons. The van der Waals surface area contributed by atoms with E-state index in [9.17, 15) is 8.42 Å². The maximum atomic E-state index is 11.5. The Labute approximate surface area is 108 Å². The lowest BCUT2D eigenvalue weighted by Gasteiger charge is -2.41. The number of hydrogen-bond acceptors (Lipinski definition) is 4. The first-order valence-electron chi connectivity index (χ1n) is 6.04. The van der Waals surface area contributed by atoms with Crippen LogP contribution in [0.25, 0.3) is 0 Å². The fourth-order valence-corrected chi connectivity index (χ4v) is 4.72. The number of methoxy groups -OCH3 is 1. The lowest BCUT2D eigenvalue weighted by Crippen LogP contribution is -2.56. The summed E-state index contributed by atoms with van der Waals surface area (Å²) in [7, 11) is -1.33. The highest BCUT2D eigenvalue weighted by atomic mass is 32.2. The van der Waals surface area contributed by atoms with E-state index in [1.54, 1.807) is 7.11 Å². The van der Waals surface area contributed by atoms with Crippen LogP contribution in [0.15, 0.2) is 18.2 Å². The zero-order valence-electron chi connectivity index (χ0n) is 10.8. The number of benzene rings is 1. The predicted molar refractivity (Wildman–Crippen MR) is 71.8 cm³/mol. The Kier molecular flexibility index (Phi) is 3.38. The van der Waals surface area contributed by atoms with E-state index >= 15 is 0 Å². The summed E-state index contributed by atoms with van der Waals surface area (Å²) >= 11 is 0. The molecule has 0 bridgehead atoms. The maximum Gasteiger partial charge on any atom is 0.152 e. The first kappa shape index (κ1) is 13.4. The minimum absolute atomic E-state index is 0.125. The lowest BCUT2D eigenvalue weighted by atomic mass is 9.81. The topological polar surface area (TPSA) is 69.4 Å². The van der Waals surface area contributed by atoms with Crippen molar-refractivity contribution in [1.82, 2.24) is 0 Å². The Morgan fingerprint density at radius 2 is 2.06 bits per heavy atom. The normalized spacial score (nSPS) is 20.2. The second-order valence-corrected chi connectivity index (χ2v) is 6.97. The van der Waals surface area contributed by atoms with Crippen molar-refractivity contribution in [2.45, 2.75) is 18.8 Å². The van der Waals surface area contributed by atoms with E-state index in [1.165, 1.54) is 5.56 Å². The summed E-state index contributed by atoms with van der Waals surface area (Å²) in [5, 5.41) is 0. The first-order chi connectivity index (χ1) is 8.46. The largest absolute Gasteiger partial charge is 0.496 e. The van der Waals surface area contributed by atoms with Gasteiger partial charge in [-0.2, -0.15) is 0 Å². The number of rotatable bonds is 4. The van der Waals surface area contributed by atoms with Gasteiger partial charge < -0.3 is 10.5 Å². The number of ether oxygens (including phenoxy) is 1. The van der Waals surface area contributed by atoms with Crippen LogP contribution in [0.1, 0.15) is 18.1 Å². The summed E-state index contributed by atoms with van der Waals surface area (Å²) in [6, 6.07) is 5.93. The first-order valence-corrected chi connectivity index (χ1v) is 7.86. The van der Waals surface area contributed by atoms with E-state index in [-0.39, 0.29) is 11.5 Å². The van der Waals surface area contributed by atoms with E-state index < -0.39 is 15.3 Å². The molecule has 1 aliphatic heterocycles. The molecule has 0 atom stereocenters. The molecule has 0 radical (unpaired) electrons. The van der Waals surface area contributed by atoms with E-state index in [1.807, 2.05) is 18.2 Å². The Morgan fingerprint density at radius 1 is 1.39 bits per heavy atom. The molecule has 1 heterocycles. The third-order valence-electron chi connectivity index (χ3n) is 3.63. The van der Waals surface area contributed by atoms with E-state index in [2.05, 4.69) is 6.92 Å². The van der Waals surface area contributed by atoms with Crippen molar-refractivity contribution in [3.8, 4) is 5.75 Å². The quantitative estimate of drug-likeness (QED) is 0.881. The highest BCUT2D eigenvalue weighted by Gasteiger charge is 2.50. The molecular weight excluding hydrogens is 250 g/mol. The van der Waals surface area contributed by atoms with Crippen LogP contribution >= 0.6 is 0 Å². The number of aryl methyl sites for hydroxylation is 1. The Balaban J connectivity index is 2.48. The summed E-state index contributed by atoms with van der Waals surface area (Å²) < 4.78 is 28.3. The molecule has 0 saturated carbocycles. The molecule has 0 unspecified atom stereocenters. The van der Waals surface area contributed by atoms with Crippen molar-refractivity contribution in [3.63, 3.8) is 0 Å².